The van der Waals surface area contributed by atoms with Crippen molar-refractivity contribution >= 4 is 11.1 Å². The van der Waals surface area contributed by atoms with Gasteiger partial charge >= 0.3 is 5.76 Å². The number of H-pyrrole nitrogens is 1. The number of hydrogen-bond donors (Lipinski definition) is 2. The topological polar surface area (TPSA) is 61.3 Å². The molecule has 1 aliphatic heterocycles. The lowest BCUT2D eigenvalue weighted by Crippen LogP contribution is -2.42. The number of nitrogens with zero attached hydrogens (tertiary/aromatic N) is 1. The molecule has 2 N–H and O–H groups in total. The minimum Gasteiger partial charge on any atom is -0.408 e. The first-order valence-corrected chi connectivity index (χ1v) is 5.87. The zero-order chi connectivity index (χ0) is 11.7. The first-order chi connectivity index (χ1) is 8.33. The van der Waals surface area contributed by atoms with E-state index in [1.54, 1.807) is 0 Å². The fourth-order valence-electron chi connectivity index (χ4n) is 2.27. The second kappa shape index (κ2) is 4.35. The molecule has 0 aliphatic carbocycles. The molecule has 0 atom stereocenters. The smallest absolute Gasteiger partial charge is 0.408 e. The molecule has 0 amide bonds. The Morgan fingerprint density at radius 2 is 2.12 bits per heavy atom. The van der Waals surface area contributed by atoms with E-state index in [4.69, 9.17) is 4.42 Å². The monoisotopic (exact) mass is 233 g/mol. The van der Waals surface area contributed by atoms with E-state index >= 15 is 0 Å². The van der Waals surface area contributed by atoms with Gasteiger partial charge in [0.05, 0.1) is 5.52 Å². The minimum absolute atomic E-state index is 0.382. The molecule has 90 valence electrons. The van der Waals surface area contributed by atoms with Crippen molar-refractivity contribution in [2.45, 2.75) is 6.54 Å². The summed E-state index contributed by atoms with van der Waals surface area (Å²) in [4.78, 5) is 16.3. The number of para-hydroxylation sites is 1. The molecule has 0 radical (unpaired) electrons. The van der Waals surface area contributed by atoms with E-state index in [9.17, 15) is 4.79 Å². The molecule has 2 heterocycles. The summed E-state index contributed by atoms with van der Waals surface area (Å²) in [6, 6.07) is 5.78. The maximum Gasteiger partial charge on any atom is 0.417 e. The van der Waals surface area contributed by atoms with Crippen molar-refractivity contribution < 1.29 is 4.42 Å². The van der Waals surface area contributed by atoms with E-state index in [1.165, 1.54) is 0 Å². The molecule has 17 heavy (non-hydrogen) atoms. The second-order valence-electron chi connectivity index (χ2n) is 4.33. The van der Waals surface area contributed by atoms with Crippen LogP contribution in [0.25, 0.3) is 11.1 Å². The quantitative estimate of drug-likeness (QED) is 0.794. The van der Waals surface area contributed by atoms with Crippen LogP contribution in [0.5, 0.6) is 0 Å². The third-order valence-corrected chi connectivity index (χ3v) is 3.15. The number of nitrogens with one attached hydrogen (secondary N) is 2. The lowest BCUT2D eigenvalue weighted by molar-refractivity contribution is 0.234. The number of benzene rings is 1. The number of fused-ring (bicyclic) bond motifs is 1. The Kier molecular flexibility index (Phi) is 2.70. The van der Waals surface area contributed by atoms with E-state index in [2.05, 4.69) is 15.2 Å². The largest absolute Gasteiger partial charge is 0.417 e. The van der Waals surface area contributed by atoms with Gasteiger partial charge in [-0.3, -0.25) is 9.88 Å². The predicted molar refractivity (Wildman–Crippen MR) is 65.0 cm³/mol. The Labute approximate surface area is 98.4 Å². The second-order valence-corrected chi connectivity index (χ2v) is 4.33. The van der Waals surface area contributed by atoms with Gasteiger partial charge in [-0.15, -0.1) is 0 Å². The molecule has 1 fully saturated rings. The molecular formula is C12H15N3O2. The van der Waals surface area contributed by atoms with Crippen LogP contribution in [0.15, 0.2) is 27.4 Å². The van der Waals surface area contributed by atoms with Gasteiger partial charge in [0, 0.05) is 32.7 Å². The molecule has 1 saturated heterocycles. The normalized spacial score (nSPS) is 17.6. The summed E-state index contributed by atoms with van der Waals surface area (Å²) in [7, 11) is 0. The van der Waals surface area contributed by atoms with Crippen molar-refractivity contribution in [3.63, 3.8) is 0 Å². The first kappa shape index (κ1) is 10.6. The number of rotatable bonds is 2. The molecule has 2 aromatic rings. The number of aromatic amines is 1. The van der Waals surface area contributed by atoms with E-state index in [1.807, 2.05) is 18.2 Å². The Bertz CT molecular complexity index is 566. The SMILES string of the molecule is O=c1[nH]c2c(CN3CCNCC3)cccc2o1. The van der Waals surface area contributed by atoms with Gasteiger partial charge in [0.15, 0.2) is 5.58 Å². The number of hydrogen-bond acceptors (Lipinski definition) is 4. The van der Waals surface area contributed by atoms with Crippen molar-refractivity contribution in [1.29, 1.82) is 0 Å². The van der Waals surface area contributed by atoms with Crippen LogP contribution in [0, 0.1) is 0 Å². The molecule has 0 bridgehead atoms. The molecule has 3 rings (SSSR count). The van der Waals surface area contributed by atoms with Gasteiger partial charge in [-0.1, -0.05) is 12.1 Å². The molecule has 1 aliphatic rings. The van der Waals surface area contributed by atoms with Gasteiger partial charge in [-0.05, 0) is 11.6 Å². The van der Waals surface area contributed by atoms with Gasteiger partial charge in [-0.2, -0.15) is 0 Å². The molecule has 0 spiro atoms. The van der Waals surface area contributed by atoms with Crippen molar-refractivity contribution in [3.8, 4) is 0 Å². The number of piperazine rings is 1. The average molecular weight is 233 g/mol. The number of aromatic nitrogens is 1. The van der Waals surface area contributed by atoms with Crippen LogP contribution in [0.4, 0.5) is 0 Å². The predicted octanol–water partition coefficient (Wildman–Crippen LogP) is 0.526. The summed E-state index contributed by atoms with van der Waals surface area (Å²) in [6.07, 6.45) is 0. The van der Waals surface area contributed by atoms with Crippen molar-refractivity contribution in [2.75, 3.05) is 26.2 Å². The Morgan fingerprint density at radius 1 is 1.29 bits per heavy atom. The molecule has 0 saturated carbocycles. The Morgan fingerprint density at radius 3 is 2.94 bits per heavy atom. The van der Waals surface area contributed by atoms with E-state index in [0.717, 1.165) is 43.8 Å². The van der Waals surface area contributed by atoms with E-state index < -0.39 is 0 Å². The van der Waals surface area contributed by atoms with E-state index in [-0.39, 0.29) is 5.76 Å². The summed E-state index contributed by atoms with van der Waals surface area (Å²) >= 11 is 0. The van der Waals surface area contributed by atoms with Crippen LogP contribution < -0.4 is 11.1 Å². The molecular weight excluding hydrogens is 218 g/mol. The van der Waals surface area contributed by atoms with Crippen LogP contribution >= 0.6 is 0 Å². The van der Waals surface area contributed by atoms with Crippen molar-refractivity contribution in [2.24, 2.45) is 0 Å². The van der Waals surface area contributed by atoms with Crippen LogP contribution in [-0.2, 0) is 6.54 Å². The zero-order valence-corrected chi connectivity index (χ0v) is 9.53. The molecule has 0 unspecified atom stereocenters. The van der Waals surface area contributed by atoms with Crippen LogP contribution in [-0.4, -0.2) is 36.1 Å². The highest BCUT2D eigenvalue weighted by Gasteiger charge is 2.13. The minimum atomic E-state index is -0.382. The third-order valence-electron chi connectivity index (χ3n) is 3.15. The maximum absolute atomic E-state index is 11.2. The fraction of sp³-hybridized carbons (Fsp3) is 0.417. The fourth-order valence-corrected chi connectivity index (χ4v) is 2.27. The summed E-state index contributed by atoms with van der Waals surface area (Å²) in [5.74, 6) is -0.382. The van der Waals surface area contributed by atoms with Crippen LogP contribution in [0.2, 0.25) is 0 Å². The van der Waals surface area contributed by atoms with E-state index in [0.29, 0.717) is 5.58 Å². The Balaban J connectivity index is 1.91. The lowest BCUT2D eigenvalue weighted by atomic mass is 10.1. The number of oxazole rings is 1. The van der Waals surface area contributed by atoms with Gasteiger partial charge < -0.3 is 9.73 Å². The first-order valence-electron chi connectivity index (χ1n) is 5.87. The van der Waals surface area contributed by atoms with Gasteiger partial charge in [-0.25, -0.2) is 4.79 Å². The lowest BCUT2D eigenvalue weighted by Gasteiger charge is -2.27. The van der Waals surface area contributed by atoms with Gasteiger partial charge in [0.2, 0.25) is 0 Å². The highest BCUT2D eigenvalue weighted by Crippen LogP contribution is 2.16. The maximum atomic E-state index is 11.2. The van der Waals surface area contributed by atoms with Crippen LogP contribution in [0.1, 0.15) is 5.56 Å². The third kappa shape index (κ3) is 2.11. The summed E-state index contributed by atoms with van der Waals surface area (Å²) in [6.45, 7) is 4.99. The highest BCUT2D eigenvalue weighted by atomic mass is 16.4. The Hall–Kier alpha value is -1.59. The molecule has 1 aromatic heterocycles. The molecule has 5 nitrogen and oxygen atoms in total. The van der Waals surface area contributed by atoms with Crippen molar-refractivity contribution in [1.82, 2.24) is 15.2 Å². The summed E-state index contributed by atoms with van der Waals surface area (Å²) < 4.78 is 5.06. The summed E-state index contributed by atoms with van der Waals surface area (Å²) in [5.41, 5.74) is 2.59. The standard InChI is InChI=1S/C12H15N3O2/c16-12-14-11-9(2-1-3-10(11)17-12)8-15-6-4-13-5-7-15/h1-3,13H,4-8H2,(H,14,16). The molecule has 5 heteroatoms. The summed E-state index contributed by atoms with van der Waals surface area (Å²) in [5, 5.41) is 3.32. The zero-order valence-electron chi connectivity index (χ0n) is 9.53. The molecule has 1 aromatic carbocycles. The van der Waals surface area contributed by atoms with Gasteiger partial charge in [0.1, 0.15) is 0 Å². The van der Waals surface area contributed by atoms with Crippen molar-refractivity contribution in [3.05, 3.63) is 34.3 Å². The highest BCUT2D eigenvalue weighted by molar-refractivity contribution is 5.75. The average Bonchev–Trinajstić information content (AvgIpc) is 2.72. The van der Waals surface area contributed by atoms with Gasteiger partial charge in [0.25, 0.3) is 0 Å². The van der Waals surface area contributed by atoms with Crippen LogP contribution in [0.3, 0.4) is 0 Å².